The number of hydrogen-bond acceptors (Lipinski definition) is 8. The van der Waals surface area contributed by atoms with E-state index in [2.05, 4.69) is 29.9 Å². The molecule has 0 bridgehead atoms. The van der Waals surface area contributed by atoms with E-state index >= 15 is 0 Å². The number of anilines is 2. The summed E-state index contributed by atoms with van der Waals surface area (Å²) in [4.78, 5) is 18.5. The van der Waals surface area contributed by atoms with Gasteiger partial charge in [0.25, 0.3) is 0 Å². The summed E-state index contributed by atoms with van der Waals surface area (Å²) >= 11 is 0. The summed E-state index contributed by atoms with van der Waals surface area (Å²) in [5, 5.41) is 7.60. The minimum atomic E-state index is 0.247. The Morgan fingerprint density at radius 1 is 1.12 bits per heavy atom. The first-order chi connectivity index (χ1) is 15.7. The summed E-state index contributed by atoms with van der Waals surface area (Å²) in [5.41, 5.74) is 14.5. The highest BCUT2D eigenvalue weighted by atomic mass is 15.3. The van der Waals surface area contributed by atoms with Crippen LogP contribution in [0.15, 0.2) is 36.8 Å². The van der Waals surface area contributed by atoms with Gasteiger partial charge in [0.2, 0.25) is 5.95 Å². The van der Waals surface area contributed by atoms with Crippen LogP contribution in [0.5, 0.6) is 0 Å². The van der Waals surface area contributed by atoms with Crippen LogP contribution in [0.4, 0.5) is 11.8 Å². The quantitative estimate of drug-likeness (QED) is 0.386. The van der Waals surface area contributed by atoms with E-state index in [0.29, 0.717) is 24.9 Å². The van der Waals surface area contributed by atoms with Gasteiger partial charge in [-0.2, -0.15) is 15.1 Å². The van der Waals surface area contributed by atoms with Gasteiger partial charge in [-0.05, 0) is 43.5 Å². The largest absolute Gasteiger partial charge is 0.368 e. The van der Waals surface area contributed by atoms with Gasteiger partial charge in [0.1, 0.15) is 5.82 Å². The Kier molecular flexibility index (Phi) is 5.68. The number of aromatic nitrogens is 7. The molecule has 0 spiro atoms. The zero-order valence-electron chi connectivity index (χ0n) is 18.0. The highest BCUT2D eigenvalue weighted by molar-refractivity contribution is 5.84. The number of imidazole rings is 1. The topological polar surface area (TPSA) is 138 Å². The Morgan fingerprint density at radius 2 is 2.00 bits per heavy atom. The van der Waals surface area contributed by atoms with Gasteiger partial charge in [0, 0.05) is 37.6 Å². The Bertz CT molecular complexity index is 1170. The molecule has 0 atom stereocenters. The fraction of sp³-hybridized carbons (Fsp3) is 0.409. The van der Waals surface area contributed by atoms with Crippen molar-refractivity contribution in [1.29, 1.82) is 0 Å². The second kappa shape index (κ2) is 8.91. The highest BCUT2D eigenvalue weighted by Gasteiger charge is 2.25. The molecule has 1 fully saturated rings. The number of nitrogens with zero attached hydrogens (tertiary/aromatic N) is 7. The number of hydrogen-bond donors (Lipinski definition) is 3. The van der Waals surface area contributed by atoms with Gasteiger partial charge < -0.3 is 21.4 Å². The number of nitrogens with two attached hydrogens (primary N) is 2. The van der Waals surface area contributed by atoms with Crippen LogP contribution in [-0.2, 0) is 13.0 Å². The lowest BCUT2D eigenvalue weighted by Gasteiger charge is -2.16. The Hall–Kier alpha value is -3.53. The molecule has 0 radical (unpaired) electrons. The van der Waals surface area contributed by atoms with Gasteiger partial charge in [-0.25, -0.2) is 14.6 Å². The molecule has 4 aromatic heterocycles. The number of pyridine rings is 1. The van der Waals surface area contributed by atoms with E-state index in [0.717, 1.165) is 54.1 Å². The third kappa shape index (κ3) is 4.01. The first-order valence-electron chi connectivity index (χ1n) is 11.2. The molecule has 1 saturated carbocycles. The van der Waals surface area contributed by atoms with E-state index in [4.69, 9.17) is 16.5 Å². The average molecular weight is 433 g/mol. The summed E-state index contributed by atoms with van der Waals surface area (Å²) in [7, 11) is 0. The van der Waals surface area contributed by atoms with Crippen molar-refractivity contribution in [2.45, 2.75) is 51.1 Å². The summed E-state index contributed by atoms with van der Waals surface area (Å²) in [5.74, 6) is 2.68. The van der Waals surface area contributed by atoms with Crippen LogP contribution in [0, 0.1) is 0 Å². The molecule has 0 amide bonds. The van der Waals surface area contributed by atoms with Crippen molar-refractivity contribution < 1.29 is 0 Å². The van der Waals surface area contributed by atoms with E-state index in [1.54, 1.807) is 10.9 Å². The van der Waals surface area contributed by atoms with Crippen molar-refractivity contribution in [1.82, 2.24) is 34.3 Å². The van der Waals surface area contributed by atoms with Gasteiger partial charge in [0.05, 0.1) is 0 Å². The van der Waals surface area contributed by atoms with Gasteiger partial charge in [-0.1, -0.05) is 18.9 Å². The monoisotopic (exact) mass is 432 g/mol. The zero-order chi connectivity index (χ0) is 21.9. The summed E-state index contributed by atoms with van der Waals surface area (Å²) in [6.45, 7) is 1.18. The first-order valence-corrected chi connectivity index (χ1v) is 11.2. The number of nitrogen functional groups attached to an aromatic ring is 1. The van der Waals surface area contributed by atoms with E-state index in [-0.39, 0.29) is 5.95 Å². The Balaban J connectivity index is 1.43. The van der Waals surface area contributed by atoms with Crippen LogP contribution < -0.4 is 16.8 Å². The zero-order valence-corrected chi connectivity index (χ0v) is 18.0. The maximum atomic E-state index is 6.10. The van der Waals surface area contributed by atoms with E-state index in [9.17, 15) is 0 Å². The standard InChI is InChI=1S/C22H28N10/c23-10-3-7-18-28-19-20(29-22(24)30-21(19)32(18)16-5-1-2-6-16)26-14-15-8-9-17(25-13-15)31-12-4-11-27-31/h4,8-9,11-13,16H,1-3,5-7,10,14,23H2,(H3,24,26,29,30). The van der Waals surface area contributed by atoms with Crippen LogP contribution in [0.3, 0.4) is 0 Å². The lowest BCUT2D eigenvalue weighted by atomic mass is 10.2. The van der Waals surface area contributed by atoms with Crippen LogP contribution >= 0.6 is 0 Å². The van der Waals surface area contributed by atoms with E-state index < -0.39 is 0 Å². The lowest BCUT2D eigenvalue weighted by Crippen LogP contribution is -2.12. The van der Waals surface area contributed by atoms with Crippen molar-refractivity contribution in [2.75, 3.05) is 17.6 Å². The molecule has 0 saturated heterocycles. The molecule has 1 aliphatic carbocycles. The Labute approximate surface area is 186 Å². The van der Waals surface area contributed by atoms with Gasteiger partial charge in [-0.15, -0.1) is 0 Å². The minimum absolute atomic E-state index is 0.247. The average Bonchev–Trinajstić information content (AvgIpc) is 3.57. The molecular formula is C22H28N10. The number of nitrogens with one attached hydrogen (secondary N) is 1. The molecule has 5 N–H and O–H groups in total. The second-order valence-corrected chi connectivity index (χ2v) is 8.16. The molecule has 0 aliphatic heterocycles. The molecule has 0 unspecified atom stereocenters. The molecule has 0 aromatic carbocycles. The fourth-order valence-electron chi connectivity index (χ4n) is 4.39. The third-order valence-electron chi connectivity index (χ3n) is 5.93. The molecule has 1 aliphatic rings. The number of aryl methyl sites for hydroxylation is 1. The summed E-state index contributed by atoms with van der Waals surface area (Å²) in [6, 6.07) is 6.24. The number of fused-ring (bicyclic) bond motifs is 1. The fourth-order valence-corrected chi connectivity index (χ4v) is 4.39. The predicted molar refractivity (Wildman–Crippen MR) is 123 cm³/mol. The van der Waals surface area contributed by atoms with Crippen molar-refractivity contribution >= 4 is 22.9 Å². The molecule has 10 heteroatoms. The van der Waals surface area contributed by atoms with Crippen LogP contribution in [0.1, 0.15) is 49.5 Å². The normalized spacial score (nSPS) is 14.4. The summed E-state index contributed by atoms with van der Waals surface area (Å²) in [6.07, 6.45) is 11.9. The maximum absolute atomic E-state index is 6.10. The molecule has 166 valence electrons. The SMILES string of the molecule is NCCCc1nc2c(NCc3ccc(-n4cccn4)nc3)nc(N)nc2n1C1CCCC1. The van der Waals surface area contributed by atoms with Crippen LogP contribution in [0.2, 0.25) is 0 Å². The minimum Gasteiger partial charge on any atom is -0.368 e. The maximum Gasteiger partial charge on any atom is 0.224 e. The smallest absolute Gasteiger partial charge is 0.224 e. The first kappa shape index (κ1) is 20.4. The van der Waals surface area contributed by atoms with Gasteiger partial charge in [-0.3, -0.25) is 0 Å². The van der Waals surface area contributed by atoms with Gasteiger partial charge >= 0.3 is 0 Å². The van der Waals surface area contributed by atoms with Crippen molar-refractivity contribution in [3.05, 3.63) is 48.2 Å². The predicted octanol–water partition coefficient (Wildman–Crippen LogP) is 2.61. The van der Waals surface area contributed by atoms with Crippen molar-refractivity contribution in [3.63, 3.8) is 0 Å². The van der Waals surface area contributed by atoms with Gasteiger partial charge in [0.15, 0.2) is 22.8 Å². The molecule has 4 heterocycles. The van der Waals surface area contributed by atoms with Crippen molar-refractivity contribution in [3.8, 4) is 5.82 Å². The molecular weight excluding hydrogens is 404 g/mol. The van der Waals surface area contributed by atoms with Crippen LogP contribution in [-0.4, -0.2) is 40.8 Å². The lowest BCUT2D eigenvalue weighted by molar-refractivity contribution is 0.504. The van der Waals surface area contributed by atoms with E-state index in [1.807, 2.05) is 30.6 Å². The number of rotatable bonds is 8. The van der Waals surface area contributed by atoms with Crippen molar-refractivity contribution in [2.24, 2.45) is 5.73 Å². The molecule has 4 aromatic rings. The molecule has 10 nitrogen and oxygen atoms in total. The molecule has 32 heavy (non-hydrogen) atoms. The van der Waals surface area contributed by atoms with Crippen LogP contribution in [0.25, 0.3) is 17.0 Å². The summed E-state index contributed by atoms with van der Waals surface area (Å²) < 4.78 is 4.01. The highest BCUT2D eigenvalue weighted by Crippen LogP contribution is 2.35. The third-order valence-corrected chi connectivity index (χ3v) is 5.93. The van der Waals surface area contributed by atoms with E-state index in [1.165, 1.54) is 12.8 Å². The second-order valence-electron chi connectivity index (χ2n) is 8.16. The Morgan fingerprint density at radius 3 is 2.72 bits per heavy atom. The molecule has 5 rings (SSSR count).